The molecule has 0 aliphatic carbocycles. The molecule has 1 saturated heterocycles. The number of hydrogen-bond acceptors (Lipinski definition) is 1. The molecule has 0 N–H and O–H groups in total. The van der Waals surface area contributed by atoms with Crippen LogP contribution in [0.15, 0.2) is 36.4 Å². The zero-order chi connectivity index (χ0) is 14.3. The SMILES string of the molecule is FC(F)(F)C1CN(Cc2ccc(I)c3ccccc23)C1. The van der Waals surface area contributed by atoms with Crippen LogP contribution >= 0.6 is 22.6 Å². The summed E-state index contributed by atoms with van der Waals surface area (Å²) in [5.74, 6) is -1.15. The quantitative estimate of drug-likeness (QED) is 0.685. The lowest BCUT2D eigenvalue weighted by Crippen LogP contribution is -2.52. The second-order valence-corrected chi connectivity index (χ2v) is 6.35. The Morgan fingerprint density at radius 1 is 1.05 bits per heavy atom. The minimum atomic E-state index is -4.05. The number of fused-ring (bicyclic) bond motifs is 1. The van der Waals surface area contributed by atoms with Crippen molar-refractivity contribution < 1.29 is 13.2 Å². The van der Waals surface area contributed by atoms with Crippen LogP contribution in [0.3, 0.4) is 0 Å². The Balaban J connectivity index is 1.78. The number of halogens is 4. The van der Waals surface area contributed by atoms with Crippen LogP contribution < -0.4 is 0 Å². The van der Waals surface area contributed by atoms with Crippen molar-refractivity contribution in [1.82, 2.24) is 4.90 Å². The first kappa shape index (κ1) is 14.1. The van der Waals surface area contributed by atoms with Gasteiger partial charge in [0.1, 0.15) is 0 Å². The van der Waals surface area contributed by atoms with Gasteiger partial charge in [-0.15, -0.1) is 0 Å². The fourth-order valence-electron chi connectivity index (χ4n) is 2.61. The minimum absolute atomic E-state index is 0.115. The highest BCUT2D eigenvalue weighted by Crippen LogP contribution is 2.35. The van der Waals surface area contributed by atoms with Crippen molar-refractivity contribution >= 4 is 33.4 Å². The zero-order valence-electron chi connectivity index (χ0n) is 10.6. The van der Waals surface area contributed by atoms with Gasteiger partial charge in [-0.3, -0.25) is 4.90 Å². The predicted molar refractivity (Wildman–Crippen MR) is 81.5 cm³/mol. The van der Waals surface area contributed by atoms with Crippen molar-refractivity contribution in [3.05, 3.63) is 45.5 Å². The Hall–Kier alpha value is -0.820. The molecule has 5 heteroatoms. The molecule has 0 amide bonds. The van der Waals surface area contributed by atoms with E-state index in [0.717, 1.165) is 10.9 Å². The summed E-state index contributed by atoms with van der Waals surface area (Å²) >= 11 is 2.28. The standard InChI is InChI=1S/C15H13F3IN/c16-15(17,18)11-8-20(9-11)7-10-5-6-14(19)13-4-2-1-3-12(10)13/h1-6,11H,7-9H2. The number of likely N-dealkylation sites (tertiary alicyclic amines) is 1. The molecule has 2 aromatic carbocycles. The molecule has 0 spiro atoms. The summed E-state index contributed by atoms with van der Waals surface area (Å²) in [6.45, 7) is 0.817. The highest BCUT2D eigenvalue weighted by molar-refractivity contribution is 14.1. The first-order valence-corrected chi connectivity index (χ1v) is 7.48. The number of nitrogens with zero attached hydrogens (tertiary/aromatic N) is 1. The molecule has 1 heterocycles. The number of alkyl halides is 3. The maximum Gasteiger partial charge on any atom is 0.394 e. The Morgan fingerprint density at radius 3 is 2.35 bits per heavy atom. The van der Waals surface area contributed by atoms with Crippen LogP contribution in [0.4, 0.5) is 13.2 Å². The topological polar surface area (TPSA) is 3.24 Å². The Labute approximate surface area is 128 Å². The molecule has 0 saturated carbocycles. The molecule has 2 aromatic rings. The minimum Gasteiger partial charge on any atom is -0.298 e. The van der Waals surface area contributed by atoms with Crippen LogP contribution in [-0.2, 0) is 6.54 Å². The van der Waals surface area contributed by atoms with E-state index >= 15 is 0 Å². The van der Waals surface area contributed by atoms with E-state index in [0.29, 0.717) is 6.54 Å². The van der Waals surface area contributed by atoms with E-state index in [1.807, 2.05) is 35.2 Å². The van der Waals surface area contributed by atoms with Gasteiger partial charge in [0.05, 0.1) is 5.92 Å². The summed E-state index contributed by atoms with van der Waals surface area (Å²) in [5, 5.41) is 2.30. The van der Waals surface area contributed by atoms with Crippen LogP contribution in [-0.4, -0.2) is 24.2 Å². The summed E-state index contributed by atoms with van der Waals surface area (Å²) in [7, 11) is 0. The molecule has 0 bridgehead atoms. The lowest BCUT2D eigenvalue weighted by atomic mass is 9.97. The van der Waals surface area contributed by atoms with E-state index in [1.54, 1.807) is 0 Å². The second-order valence-electron chi connectivity index (χ2n) is 5.18. The van der Waals surface area contributed by atoms with Gasteiger partial charge >= 0.3 is 6.18 Å². The van der Waals surface area contributed by atoms with E-state index in [2.05, 4.69) is 28.7 Å². The van der Waals surface area contributed by atoms with E-state index in [1.165, 1.54) is 8.96 Å². The van der Waals surface area contributed by atoms with E-state index in [4.69, 9.17) is 0 Å². The molecule has 1 nitrogen and oxygen atoms in total. The average Bonchev–Trinajstić information content (AvgIpc) is 2.34. The monoisotopic (exact) mass is 391 g/mol. The third-order valence-corrected chi connectivity index (χ3v) is 4.72. The molecule has 3 rings (SSSR count). The summed E-state index contributed by atoms with van der Waals surface area (Å²) in [6, 6.07) is 12.1. The van der Waals surface area contributed by atoms with Gasteiger partial charge in [0.15, 0.2) is 0 Å². The highest BCUT2D eigenvalue weighted by atomic mass is 127. The molecule has 0 aromatic heterocycles. The van der Waals surface area contributed by atoms with Crippen molar-refractivity contribution in [3.8, 4) is 0 Å². The van der Waals surface area contributed by atoms with Crippen LogP contribution in [0.2, 0.25) is 0 Å². The molecule has 1 aliphatic heterocycles. The molecule has 1 aliphatic rings. The van der Waals surface area contributed by atoms with Gasteiger partial charge in [0.2, 0.25) is 0 Å². The first-order valence-electron chi connectivity index (χ1n) is 6.40. The molecular weight excluding hydrogens is 378 g/mol. The molecule has 20 heavy (non-hydrogen) atoms. The van der Waals surface area contributed by atoms with Crippen LogP contribution in [0.25, 0.3) is 10.8 Å². The number of hydrogen-bond donors (Lipinski definition) is 0. The van der Waals surface area contributed by atoms with Gasteiger partial charge in [-0.1, -0.05) is 30.3 Å². The van der Waals surface area contributed by atoms with Crippen molar-refractivity contribution in [3.63, 3.8) is 0 Å². The van der Waals surface area contributed by atoms with Crippen molar-refractivity contribution in [2.75, 3.05) is 13.1 Å². The average molecular weight is 391 g/mol. The third-order valence-electron chi connectivity index (χ3n) is 3.78. The highest BCUT2D eigenvalue weighted by Gasteiger charge is 2.46. The summed E-state index contributed by atoms with van der Waals surface area (Å²) in [5.41, 5.74) is 1.10. The van der Waals surface area contributed by atoms with Crippen molar-refractivity contribution in [2.24, 2.45) is 5.92 Å². The Bertz CT molecular complexity index is 633. The van der Waals surface area contributed by atoms with Crippen molar-refractivity contribution in [1.29, 1.82) is 0 Å². The van der Waals surface area contributed by atoms with Gasteiger partial charge in [-0.2, -0.15) is 13.2 Å². The molecule has 106 valence electrons. The maximum atomic E-state index is 12.5. The van der Waals surface area contributed by atoms with Crippen LogP contribution in [0.5, 0.6) is 0 Å². The van der Waals surface area contributed by atoms with Crippen LogP contribution in [0.1, 0.15) is 5.56 Å². The first-order chi connectivity index (χ1) is 9.45. The fourth-order valence-corrected chi connectivity index (χ4v) is 3.26. The molecule has 1 fully saturated rings. The predicted octanol–water partition coefficient (Wildman–Crippen LogP) is 4.44. The molecule has 0 atom stereocenters. The van der Waals surface area contributed by atoms with E-state index < -0.39 is 12.1 Å². The fraction of sp³-hybridized carbons (Fsp3) is 0.333. The zero-order valence-corrected chi connectivity index (χ0v) is 12.8. The Morgan fingerprint density at radius 2 is 1.70 bits per heavy atom. The smallest absolute Gasteiger partial charge is 0.298 e. The normalized spacial score (nSPS) is 17.4. The largest absolute Gasteiger partial charge is 0.394 e. The summed E-state index contributed by atoms with van der Waals surface area (Å²) < 4.78 is 38.6. The molecule has 0 unspecified atom stereocenters. The Kier molecular flexibility index (Phi) is 3.66. The summed E-state index contributed by atoms with van der Waals surface area (Å²) in [4.78, 5) is 1.85. The second kappa shape index (κ2) is 5.18. The number of benzene rings is 2. The van der Waals surface area contributed by atoms with Gasteiger partial charge in [0, 0.05) is 23.2 Å². The summed E-state index contributed by atoms with van der Waals surface area (Å²) in [6.07, 6.45) is -4.05. The van der Waals surface area contributed by atoms with Crippen molar-refractivity contribution in [2.45, 2.75) is 12.7 Å². The van der Waals surface area contributed by atoms with E-state index in [9.17, 15) is 13.2 Å². The van der Waals surface area contributed by atoms with Gasteiger partial charge < -0.3 is 0 Å². The van der Waals surface area contributed by atoms with E-state index in [-0.39, 0.29) is 13.1 Å². The maximum absolute atomic E-state index is 12.5. The van der Waals surface area contributed by atoms with Gasteiger partial charge in [-0.05, 0) is 45.0 Å². The van der Waals surface area contributed by atoms with Crippen LogP contribution in [0, 0.1) is 9.49 Å². The lowest BCUT2D eigenvalue weighted by Gasteiger charge is -2.40. The molecular formula is C15H13F3IN. The van der Waals surface area contributed by atoms with Gasteiger partial charge in [0.25, 0.3) is 0 Å². The lowest BCUT2D eigenvalue weighted by molar-refractivity contribution is -0.210. The van der Waals surface area contributed by atoms with Gasteiger partial charge in [-0.25, -0.2) is 0 Å². The third kappa shape index (κ3) is 2.65. The molecule has 0 radical (unpaired) electrons. The number of rotatable bonds is 2.